The normalized spacial score (nSPS) is 25.5. The Morgan fingerprint density at radius 1 is 1.26 bits per heavy atom. The Labute approximate surface area is 111 Å². The molecule has 0 saturated heterocycles. The van der Waals surface area contributed by atoms with Gasteiger partial charge in [-0.2, -0.15) is 13.2 Å². The molecule has 1 aliphatic carbocycles. The van der Waals surface area contributed by atoms with Crippen molar-refractivity contribution >= 4 is 10.0 Å². The molecule has 0 aromatic rings. The molecule has 0 spiro atoms. The van der Waals surface area contributed by atoms with Gasteiger partial charge in [-0.1, -0.05) is 12.8 Å². The van der Waals surface area contributed by atoms with Crippen molar-refractivity contribution in [2.75, 3.05) is 18.9 Å². The molecule has 1 aliphatic rings. The van der Waals surface area contributed by atoms with Gasteiger partial charge in [-0.05, 0) is 25.7 Å². The van der Waals surface area contributed by atoms with Gasteiger partial charge in [-0.15, -0.1) is 0 Å². The minimum absolute atomic E-state index is 0.0339. The predicted octanol–water partition coefficient (Wildman–Crippen LogP) is 2.06. The number of alkyl halides is 3. The van der Waals surface area contributed by atoms with Crippen molar-refractivity contribution in [1.82, 2.24) is 4.72 Å². The molecule has 0 radical (unpaired) electrons. The SMILES string of the molecule is CCS(=O)(=O)NCC1CCCCC1OCC(F)(F)F. The Bertz CT molecular complexity index is 370. The molecule has 0 aromatic heterocycles. The summed E-state index contributed by atoms with van der Waals surface area (Å²) < 4.78 is 66.4. The standard InChI is InChI=1S/C11H20F3NO3S/c1-2-19(16,17)15-7-9-5-3-4-6-10(9)18-8-11(12,13)14/h9-10,15H,2-8H2,1H3. The molecule has 114 valence electrons. The van der Waals surface area contributed by atoms with Crippen molar-refractivity contribution < 1.29 is 26.3 Å². The fourth-order valence-electron chi connectivity index (χ4n) is 2.16. The van der Waals surface area contributed by atoms with Gasteiger partial charge in [0.2, 0.25) is 10.0 Å². The molecular weight excluding hydrogens is 283 g/mol. The summed E-state index contributed by atoms with van der Waals surface area (Å²) in [6.07, 6.45) is -1.91. The van der Waals surface area contributed by atoms with E-state index in [-0.39, 0.29) is 18.2 Å². The molecule has 1 saturated carbocycles. The second-order valence-electron chi connectivity index (χ2n) is 4.76. The van der Waals surface area contributed by atoms with Gasteiger partial charge in [0, 0.05) is 6.54 Å². The van der Waals surface area contributed by atoms with Crippen molar-refractivity contribution in [2.24, 2.45) is 5.92 Å². The summed E-state index contributed by atoms with van der Waals surface area (Å²) in [5.41, 5.74) is 0. The Morgan fingerprint density at radius 3 is 2.47 bits per heavy atom. The zero-order chi connectivity index (χ0) is 14.5. The maximum Gasteiger partial charge on any atom is 0.411 e. The van der Waals surface area contributed by atoms with E-state index in [1.807, 2.05) is 0 Å². The van der Waals surface area contributed by atoms with Crippen LogP contribution in [0.4, 0.5) is 13.2 Å². The third-order valence-corrected chi connectivity index (χ3v) is 4.61. The van der Waals surface area contributed by atoms with Crippen molar-refractivity contribution in [1.29, 1.82) is 0 Å². The zero-order valence-electron chi connectivity index (χ0n) is 10.9. The highest BCUT2D eigenvalue weighted by molar-refractivity contribution is 7.89. The van der Waals surface area contributed by atoms with E-state index in [0.717, 1.165) is 12.8 Å². The van der Waals surface area contributed by atoms with Crippen LogP contribution in [0.1, 0.15) is 32.6 Å². The Hall–Kier alpha value is -0.340. The van der Waals surface area contributed by atoms with Crippen LogP contribution in [0.3, 0.4) is 0 Å². The average molecular weight is 303 g/mol. The Balaban J connectivity index is 2.48. The van der Waals surface area contributed by atoms with E-state index >= 15 is 0 Å². The first kappa shape index (κ1) is 16.7. The molecule has 0 heterocycles. The number of nitrogens with one attached hydrogen (secondary N) is 1. The third-order valence-electron chi connectivity index (χ3n) is 3.25. The zero-order valence-corrected chi connectivity index (χ0v) is 11.7. The van der Waals surface area contributed by atoms with Gasteiger partial charge in [-0.25, -0.2) is 13.1 Å². The third kappa shape index (κ3) is 6.58. The summed E-state index contributed by atoms with van der Waals surface area (Å²) in [6.45, 7) is 0.397. The molecule has 1 N–H and O–H groups in total. The number of hydrogen-bond acceptors (Lipinski definition) is 3. The van der Waals surface area contributed by atoms with E-state index in [1.54, 1.807) is 0 Å². The van der Waals surface area contributed by atoms with Gasteiger partial charge in [0.15, 0.2) is 0 Å². The van der Waals surface area contributed by atoms with E-state index in [0.29, 0.717) is 12.8 Å². The average Bonchev–Trinajstić information content (AvgIpc) is 2.34. The first-order chi connectivity index (χ1) is 8.73. The van der Waals surface area contributed by atoms with Crippen LogP contribution < -0.4 is 4.72 Å². The number of rotatable bonds is 6. The van der Waals surface area contributed by atoms with Crippen LogP contribution in [-0.2, 0) is 14.8 Å². The van der Waals surface area contributed by atoms with Gasteiger partial charge >= 0.3 is 6.18 Å². The van der Waals surface area contributed by atoms with Gasteiger partial charge < -0.3 is 4.74 Å². The number of hydrogen-bond donors (Lipinski definition) is 1. The largest absolute Gasteiger partial charge is 0.411 e. The van der Waals surface area contributed by atoms with Crippen molar-refractivity contribution in [3.8, 4) is 0 Å². The van der Waals surface area contributed by atoms with Gasteiger partial charge in [-0.3, -0.25) is 0 Å². The van der Waals surface area contributed by atoms with Crippen LogP contribution in [0.15, 0.2) is 0 Å². The van der Waals surface area contributed by atoms with Crippen LogP contribution >= 0.6 is 0 Å². The summed E-state index contributed by atoms with van der Waals surface area (Å²) in [5, 5.41) is 0. The molecule has 4 nitrogen and oxygen atoms in total. The van der Waals surface area contributed by atoms with Gasteiger partial charge in [0.25, 0.3) is 0 Å². The van der Waals surface area contributed by atoms with Gasteiger partial charge in [0.05, 0.1) is 11.9 Å². The quantitative estimate of drug-likeness (QED) is 0.817. The van der Waals surface area contributed by atoms with Crippen LogP contribution in [0.5, 0.6) is 0 Å². The van der Waals surface area contributed by atoms with Crippen LogP contribution in [-0.4, -0.2) is 39.6 Å². The molecule has 8 heteroatoms. The number of halogens is 3. The van der Waals surface area contributed by atoms with E-state index in [4.69, 9.17) is 4.74 Å². The fraction of sp³-hybridized carbons (Fsp3) is 1.00. The molecule has 0 aliphatic heterocycles. The van der Waals surface area contributed by atoms with Crippen molar-refractivity contribution in [2.45, 2.75) is 44.9 Å². The molecule has 0 amide bonds. The van der Waals surface area contributed by atoms with Crippen LogP contribution in [0.25, 0.3) is 0 Å². The summed E-state index contributed by atoms with van der Waals surface area (Å²) >= 11 is 0. The lowest BCUT2D eigenvalue weighted by atomic mass is 9.86. The maximum absolute atomic E-state index is 12.1. The monoisotopic (exact) mass is 303 g/mol. The van der Waals surface area contributed by atoms with Crippen molar-refractivity contribution in [3.05, 3.63) is 0 Å². The molecule has 1 fully saturated rings. The molecule has 0 bridgehead atoms. The Kier molecular flexibility index (Phi) is 6.07. The second-order valence-corrected chi connectivity index (χ2v) is 6.86. The van der Waals surface area contributed by atoms with E-state index in [2.05, 4.69) is 4.72 Å². The highest BCUT2D eigenvalue weighted by Gasteiger charge is 2.33. The molecular formula is C11H20F3NO3S. The number of sulfonamides is 1. The summed E-state index contributed by atoms with van der Waals surface area (Å²) in [5.74, 6) is -0.217. The first-order valence-corrected chi connectivity index (χ1v) is 8.04. The highest BCUT2D eigenvalue weighted by atomic mass is 32.2. The van der Waals surface area contributed by atoms with Crippen molar-refractivity contribution in [3.63, 3.8) is 0 Å². The topological polar surface area (TPSA) is 55.4 Å². The molecule has 1 rings (SSSR count). The van der Waals surface area contributed by atoms with Crippen LogP contribution in [0, 0.1) is 5.92 Å². The van der Waals surface area contributed by atoms with E-state index in [9.17, 15) is 21.6 Å². The predicted molar refractivity (Wildman–Crippen MR) is 65.2 cm³/mol. The summed E-state index contributed by atoms with van der Waals surface area (Å²) in [4.78, 5) is 0. The van der Waals surface area contributed by atoms with E-state index in [1.165, 1.54) is 6.92 Å². The lowest BCUT2D eigenvalue weighted by Gasteiger charge is -2.31. The van der Waals surface area contributed by atoms with Gasteiger partial charge in [0.1, 0.15) is 6.61 Å². The maximum atomic E-state index is 12.1. The fourth-order valence-corrected chi connectivity index (χ4v) is 2.84. The lowest BCUT2D eigenvalue weighted by Crippen LogP contribution is -2.39. The smallest absolute Gasteiger partial charge is 0.368 e. The Morgan fingerprint density at radius 2 is 1.89 bits per heavy atom. The lowest BCUT2D eigenvalue weighted by molar-refractivity contribution is -0.193. The minimum atomic E-state index is -4.34. The minimum Gasteiger partial charge on any atom is -0.368 e. The molecule has 2 unspecified atom stereocenters. The molecule has 0 aromatic carbocycles. The summed E-state index contributed by atoms with van der Waals surface area (Å²) in [6, 6.07) is 0. The highest BCUT2D eigenvalue weighted by Crippen LogP contribution is 2.28. The second kappa shape index (κ2) is 6.90. The molecule has 2 atom stereocenters. The summed E-state index contributed by atoms with van der Waals surface area (Å²) in [7, 11) is -3.31. The van der Waals surface area contributed by atoms with Crippen LogP contribution in [0.2, 0.25) is 0 Å². The number of ether oxygens (including phenoxy) is 1. The molecule has 19 heavy (non-hydrogen) atoms. The first-order valence-electron chi connectivity index (χ1n) is 6.39. The van der Waals surface area contributed by atoms with E-state index < -0.39 is 28.9 Å².